The topological polar surface area (TPSA) is 56.7 Å². The predicted molar refractivity (Wildman–Crippen MR) is 71.8 cm³/mol. The minimum Gasteiger partial charge on any atom is -0.384 e. The molecule has 2 heterocycles. The Bertz CT molecular complexity index is 525. The van der Waals surface area contributed by atoms with Gasteiger partial charge in [0.2, 0.25) is 0 Å². The maximum atomic E-state index is 5.61. The number of rotatable bonds is 4. The highest BCUT2D eigenvalue weighted by molar-refractivity contribution is 5.59. The molecule has 0 aliphatic heterocycles. The molecule has 2 aromatic heterocycles. The van der Waals surface area contributed by atoms with Crippen LogP contribution in [0.1, 0.15) is 19.8 Å². The Kier molecular flexibility index (Phi) is 2.78. The molecule has 1 saturated carbocycles. The largest absolute Gasteiger partial charge is 0.384 e. The van der Waals surface area contributed by atoms with Crippen LogP contribution in [0.3, 0.4) is 0 Å². The normalized spacial score (nSPS) is 16.7. The lowest BCUT2D eigenvalue weighted by atomic mass is 10.1. The Morgan fingerprint density at radius 2 is 2.22 bits per heavy atom. The summed E-state index contributed by atoms with van der Waals surface area (Å²) in [6.45, 7) is 3.35. The Hall–Kier alpha value is -1.84. The lowest BCUT2D eigenvalue weighted by molar-refractivity contribution is 0.432. The van der Waals surface area contributed by atoms with Gasteiger partial charge in [-0.25, -0.2) is 9.97 Å². The van der Waals surface area contributed by atoms with Crippen molar-refractivity contribution in [1.82, 2.24) is 14.5 Å². The van der Waals surface area contributed by atoms with Gasteiger partial charge in [0.15, 0.2) is 0 Å². The van der Waals surface area contributed by atoms with Crippen molar-refractivity contribution < 1.29 is 0 Å². The second-order valence-corrected chi connectivity index (χ2v) is 5.22. The number of hydrogen-bond donors (Lipinski definition) is 1. The van der Waals surface area contributed by atoms with Crippen molar-refractivity contribution in [2.75, 3.05) is 5.73 Å². The zero-order valence-corrected chi connectivity index (χ0v) is 10.6. The van der Waals surface area contributed by atoms with E-state index in [1.807, 2.05) is 30.9 Å². The molecule has 94 valence electrons. The molecule has 1 atom stereocenters. The second kappa shape index (κ2) is 4.44. The average molecular weight is 242 g/mol. The molecule has 0 bridgehead atoms. The van der Waals surface area contributed by atoms with Gasteiger partial charge in [0.05, 0.1) is 18.2 Å². The quantitative estimate of drug-likeness (QED) is 0.896. The van der Waals surface area contributed by atoms with Gasteiger partial charge in [0.25, 0.3) is 0 Å². The SMILES string of the molecule is CC(Cn1cncc1-c1ccc(N)nc1)C1CC1. The van der Waals surface area contributed by atoms with Gasteiger partial charge in [-0.2, -0.15) is 0 Å². The molecule has 0 radical (unpaired) electrons. The maximum absolute atomic E-state index is 5.61. The van der Waals surface area contributed by atoms with Gasteiger partial charge in [0, 0.05) is 18.3 Å². The minimum atomic E-state index is 0.552. The first-order chi connectivity index (χ1) is 8.74. The van der Waals surface area contributed by atoms with Crippen LogP contribution in [0.15, 0.2) is 30.9 Å². The zero-order chi connectivity index (χ0) is 12.5. The molecule has 1 unspecified atom stereocenters. The molecular weight excluding hydrogens is 224 g/mol. The highest BCUT2D eigenvalue weighted by Crippen LogP contribution is 2.37. The van der Waals surface area contributed by atoms with Crippen molar-refractivity contribution in [3.8, 4) is 11.3 Å². The van der Waals surface area contributed by atoms with Crippen LogP contribution in [0.25, 0.3) is 11.3 Å². The smallest absolute Gasteiger partial charge is 0.123 e. The van der Waals surface area contributed by atoms with E-state index in [4.69, 9.17) is 5.73 Å². The third-order valence-corrected chi connectivity index (χ3v) is 3.71. The summed E-state index contributed by atoms with van der Waals surface area (Å²) in [6.07, 6.45) is 8.38. The van der Waals surface area contributed by atoms with Crippen LogP contribution >= 0.6 is 0 Å². The minimum absolute atomic E-state index is 0.552. The molecule has 3 rings (SSSR count). The molecule has 4 heteroatoms. The van der Waals surface area contributed by atoms with Gasteiger partial charge in [-0.05, 0) is 36.8 Å². The summed E-state index contributed by atoms with van der Waals surface area (Å²) in [6, 6.07) is 3.83. The lowest BCUT2D eigenvalue weighted by Crippen LogP contribution is -2.09. The van der Waals surface area contributed by atoms with Crippen molar-refractivity contribution in [3.05, 3.63) is 30.9 Å². The average Bonchev–Trinajstić information content (AvgIpc) is 3.12. The van der Waals surface area contributed by atoms with Crippen LogP contribution in [0.4, 0.5) is 5.82 Å². The van der Waals surface area contributed by atoms with Gasteiger partial charge < -0.3 is 10.3 Å². The number of anilines is 1. The number of imidazole rings is 1. The summed E-state index contributed by atoms with van der Waals surface area (Å²) in [4.78, 5) is 8.40. The number of nitrogens with two attached hydrogens (primary N) is 1. The first kappa shape index (κ1) is 11.3. The molecule has 0 amide bonds. The first-order valence-electron chi connectivity index (χ1n) is 6.46. The Morgan fingerprint density at radius 1 is 1.39 bits per heavy atom. The van der Waals surface area contributed by atoms with Crippen LogP contribution in [0.5, 0.6) is 0 Å². The van der Waals surface area contributed by atoms with Crippen LogP contribution in [-0.2, 0) is 6.54 Å². The van der Waals surface area contributed by atoms with E-state index in [0.717, 1.165) is 29.6 Å². The van der Waals surface area contributed by atoms with Crippen LogP contribution in [-0.4, -0.2) is 14.5 Å². The van der Waals surface area contributed by atoms with E-state index >= 15 is 0 Å². The molecule has 2 aromatic rings. The monoisotopic (exact) mass is 242 g/mol. The summed E-state index contributed by atoms with van der Waals surface area (Å²) in [7, 11) is 0. The zero-order valence-electron chi connectivity index (χ0n) is 10.6. The van der Waals surface area contributed by atoms with Crippen molar-refractivity contribution in [3.63, 3.8) is 0 Å². The maximum Gasteiger partial charge on any atom is 0.123 e. The Balaban J connectivity index is 1.83. The van der Waals surface area contributed by atoms with Gasteiger partial charge >= 0.3 is 0 Å². The fourth-order valence-electron chi connectivity index (χ4n) is 2.39. The summed E-state index contributed by atoms with van der Waals surface area (Å²) in [5.41, 5.74) is 7.81. The summed E-state index contributed by atoms with van der Waals surface area (Å²) in [5, 5.41) is 0. The Morgan fingerprint density at radius 3 is 2.89 bits per heavy atom. The molecule has 4 nitrogen and oxygen atoms in total. The van der Waals surface area contributed by atoms with E-state index < -0.39 is 0 Å². The molecule has 18 heavy (non-hydrogen) atoms. The van der Waals surface area contributed by atoms with Crippen LogP contribution in [0.2, 0.25) is 0 Å². The van der Waals surface area contributed by atoms with E-state index in [1.54, 1.807) is 0 Å². The number of nitrogen functional groups attached to an aromatic ring is 1. The van der Waals surface area contributed by atoms with Gasteiger partial charge in [0.1, 0.15) is 5.82 Å². The van der Waals surface area contributed by atoms with Crippen molar-refractivity contribution in [1.29, 1.82) is 0 Å². The predicted octanol–water partition coefficient (Wildman–Crippen LogP) is 2.57. The summed E-state index contributed by atoms with van der Waals surface area (Å²) >= 11 is 0. The highest BCUT2D eigenvalue weighted by atomic mass is 15.0. The molecule has 0 aromatic carbocycles. The van der Waals surface area contributed by atoms with E-state index in [1.165, 1.54) is 12.8 Å². The third kappa shape index (κ3) is 2.23. The molecule has 2 N–H and O–H groups in total. The van der Waals surface area contributed by atoms with Gasteiger partial charge in [-0.15, -0.1) is 0 Å². The summed E-state index contributed by atoms with van der Waals surface area (Å²) in [5.74, 6) is 2.18. The van der Waals surface area contributed by atoms with Crippen molar-refractivity contribution in [2.45, 2.75) is 26.3 Å². The second-order valence-electron chi connectivity index (χ2n) is 5.22. The van der Waals surface area contributed by atoms with E-state index in [-0.39, 0.29) is 0 Å². The summed E-state index contributed by atoms with van der Waals surface area (Å²) < 4.78 is 2.22. The fraction of sp³-hybridized carbons (Fsp3) is 0.429. The number of nitrogens with zero attached hydrogens (tertiary/aromatic N) is 3. The number of pyridine rings is 1. The molecule has 1 aliphatic rings. The van der Waals surface area contributed by atoms with E-state index in [0.29, 0.717) is 5.82 Å². The molecule has 0 spiro atoms. The molecule has 0 saturated heterocycles. The first-order valence-corrected chi connectivity index (χ1v) is 6.46. The van der Waals surface area contributed by atoms with Crippen LogP contribution < -0.4 is 5.73 Å². The fourth-order valence-corrected chi connectivity index (χ4v) is 2.39. The van der Waals surface area contributed by atoms with E-state index in [9.17, 15) is 0 Å². The van der Waals surface area contributed by atoms with Crippen LogP contribution in [0, 0.1) is 11.8 Å². The van der Waals surface area contributed by atoms with Crippen molar-refractivity contribution in [2.24, 2.45) is 11.8 Å². The molecule has 1 aliphatic carbocycles. The lowest BCUT2D eigenvalue weighted by Gasteiger charge is -2.13. The van der Waals surface area contributed by atoms with Gasteiger partial charge in [-0.3, -0.25) is 0 Å². The Labute approximate surface area is 107 Å². The highest BCUT2D eigenvalue weighted by Gasteiger charge is 2.28. The standard InChI is InChI=1S/C14H18N4/c1-10(11-2-3-11)8-18-9-16-7-13(18)12-4-5-14(15)17-6-12/h4-7,9-11H,2-3,8H2,1H3,(H2,15,17). The van der Waals surface area contributed by atoms with Crippen molar-refractivity contribution >= 4 is 5.82 Å². The number of hydrogen-bond acceptors (Lipinski definition) is 3. The van der Waals surface area contributed by atoms with E-state index in [2.05, 4.69) is 21.5 Å². The number of aromatic nitrogens is 3. The van der Waals surface area contributed by atoms with Gasteiger partial charge in [-0.1, -0.05) is 6.92 Å². The molecular formula is C14H18N4. The molecule has 1 fully saturated rings. The third-order valence-electron chi connectivity index (χ3n) is 3.71.